The Kier molecular flexibility index (Phi) is 4.61. The third-order valence-corrected chi connectivity index (χ3v) is 6.26. The Morgan fingerprint density at radius 3 is 2.85 bits per heavy atom. The van der Waals surface area contributed by atoms with Crippen LogP contribution >= 0.6 is 0 Å². The summed E-state index contributed by atoms with van der Waals surface area (Å²) in [5.41, 5.74) is 2.00. The van der Waals surface area contributed by atoms with Crippen molar-refractivity contribution in [2.75, 3.05) is 23.6 Å². The van der Waals surface area contributed by atoms with Gasteiger partial charge >= 0.3 is 0 Å². The number of nitrogens with one attached hydrogen (secondary N) is 2. The lowest BCUT2D eigenvalue weighted by Crippen LogP contribution is -2.36. The van der Waals surface area contributed by atoms with E-state index in [-0.39, 0.29) is 35.9 Å². The number of rotatable bonds is 5. The number of carbonyl (C=O) groups is 1. The molecule has 2 aliphatic heterocycles. The predicted octanol–water partition coefficient (Wildman–Crippen LogP) is 1.34. The molecule has 1 aromatic heterocycles. The molecule has 4 rings (SSSR count). The molecule has 3 heterocycles. The molecular formula is C18H19N3O5S. The van der Waals surface area contributed by atoms with E-state index in [0.717, 1.165) is 22.7 Å². The Balaban J connectivity index is 1.38. The first kappa shape index (κ1) is 17.6. The van der Waals surface area contributed by atoms with Gasteiger partial charge in [-0.3, -0.25) is 9.78 Å². The summed E-state index contributed by atoms with van der Waals surface area (Å²) in [5.74, 6) is 1.18. The number of fused-ring (bicyclic) bond motifs is 1. The van der Waals surface area contributed by atoms with Crippen molar-refractivity contribution in [2.24, 2.45) is 0 Å². The molecule has 1 aromatic carbocycles. The van der Waals surface area contributed by atoms with Crippen LogP contribution in [-0.4, -0.2) is 43.6 Å². The van der Waals surface area contributed by atoms with Crippen molar-refractivity contribution >= 4 is 21.4 Å². The minimum Gasteiger partial charge on any atom is -0.454 e. The van der Waals surface area contributed by atoms with E-state index in [1.54, 1.807) is 18.3 Å². The first-order chi connectivity index (χ1) is 13.0. The summed E-state index contributed by atoms with van der Waals surface area (Å²) < 4.78 is 33.7. The number of nitrogens with zero attached hydrogens (tertiary/aromatic N) is 1. The summed E-state index contributed by atoms with van der Waals surface area (Å²) in [6.45, 7) is 0.778. The second-order valence-electron chi connectivity index (χ2n) is 6.54. The van der Waals surface area contributed by atoms with Gasteiger partial charge in [0.05, 0.1) is 11.5 Å². The largest absolute Gasteiger partial charge is 0.454 e. The molecule has 2 aliphatic rings. The number of aromatic nitrogens is 1. The summed E-state index contributed by atoms with van der Waals surface area (Å²) in [6, 6.07) is 8.77. The normalized spacial score (nSPS) is 19.6. The van der Waals surface area contributed by atoms with Gasteiger partial charge in [0.2, 0.25) is 6.79 Å². The molecule has 1 fully saturated rings. The Hall–Kier alpha value is -2.81. The highest BCUT2D eigenvalue weighted by molar-refractivity contribution is 7.91. The van der Waals surface area contributed by atoms with E-state index in [9.17, 15) is 13.2 Å². The fraction of sp³-hybridized carbons (Fsp3) is 0.333. The Bertz CT molecular complexity index is 977. The third-order valence-electron chi connectivity index (χ3n) is 4.49. The molecule has 0 saturated carbocycles. The summed E-state index contributed by atoms with van der Waals surface area (Å²) in [4.78, 5) is 16.4. The van der Waals surface area contributed by atoms with Gasteiger partial charge in [-0.05, 0) is 36.2 Å². The minimum atomic E-state index is -3.04. The van der Waals surface area contributed by atoms with Crippen LogP contribution in [0.1, 0.15) is 22.5 Å². The molecule has 142 valence electrons. The van der Waals surface area contributed by atoms with Crippen LogP contribution in [0.5, 0.6) is 11.5 Å². The number of hydrogen-bond donors (Lipinski definition) is 2. The van der Waals surface area contributed by atoms with Crippen LogP contribution < -0.4 is 20.1 Å². The zero-order valence-corrected chi connectivity index (χ0v) is 15.3. The van der Waals surface area contributed by atoms with E-state index in [1.165, 1.54) is 0 Å². The maximum atomic E-state index is 12.3. The van der Waals surface area contributed by atoms with Gasteiger partial charge in [0.15, 0.2) is 21.3 Å². The average Bonchev–Trinajstić information content (AvgIpc) is 3.25. The lowest BCUT2D eigenvalue weighted by Gasteiger charge is -2.12. The standard InChI is InChI=1S/C18H19N3O5S/c22-18(21-14-4-6-27(23,24)10-14)15-8-13(3-5-19-15)20-9-12-1-2-16-17(7-12)26-11-25-16/h1-3,5,7-8,14H,4,6,9-11H2,(H,19,20)(H,21,22). The van der Waals surface area contributed by atoms with Gasteiger partial charge in [-0.2, -0.15) is 0 Å². The summed E-state index contributed by atoms with van der Waals surface area (Å²) in [5, 5.41) is 5.98. The van der Waals surface area contributed by atoms with Gasteiger partial charge in [-0.15, -0.1) is 0 Å². The maximum absolute atomic E-state index is 12.3. The highest BCUT2D eigenvalue weighted by atomic mass is 32.2. The first-order valence-electron chi connectivity index (χ1n) is 8.58. The van der Waals surface area contributed by atoms with Crippen LogP contribution in [-0.2, 0) is 16.4 Å². The monoisotopic (exact) mass is 389 g/mol. The van der Waals surface area contributed by atoms with Gasteiger partial charge in [-0.25, -0.2) is 8.42 Å². The number of hydrogen-bond acceptors (Lipinski definition) is 7. The molecule has 2 N–H and O–H groups in total. The summed E-state index contributed by atoms with van der Waals surface area (Å²) in [7, 11) is -3.04. The second kappa shape index (κ2) is 7.07. The van der Waals surface area contributed by atoms with Crippen molar-refractivity contribution in [2.45, 2.75) is 19.0 Å². The van der Waals surface area contributed by atoms with E-state index in [0.29, 0.717) is 13.0 Å². The number of amides is 1. The minimum absolute atomic E-state index is 0.0131. The van der Waals surface area contributed by atoms with Crippen molar-refractivity contribution in [3.05, 3.63) is 47.8 Å². The molecule has 2 aromatic rings. The molecule has 1 unspecified atom stereocenters. The van der Waals surface area contributed by atoms with Crippen LogP contribution in [0.15, 0.2) is 36.5 Å². The molecule has 0 spiro atoms. The summed E-state index contributed by atoms with van der Waals surface area (Å²) in [6.07, 6.45) is 1.98. The fourth-order valence-corrected chi connectivity index (χ4v) is 4.76. The van der Waals surface area contributed by atoms with Gasteiger partial charge < -0.3 is 20.1 Å². The Labute approximate surface area is 156 Å². The smallest absolute Gasteiger partial charge is 0.270 e. The molecule has 0 bridgehead atoms. The lowest BCUT2D eigenvalue weighted by atomic mass is 10.2. The number of anilines is 1. The fourth-order valence-electron chi connectivity index (χ4n) is 3.09. The molecule has 1 amide bonds. The van der Waals surface area contributed by atoms with Gasteiger partial charge in [-0.1, -0.05) is 6.07 Å². The van der Waals surface area contributed by atoms with Crippen LogP contribution in [0.2, 0.25) is 0 Å². The molecule has 9 heteroatoms. The second-order valence-corrected chi connectivity index (χ2v) is 8.77. The number of pyridine rings is 1. The first-order valence-corrected chi connectivity index (χ1v) is 10.4. The van der Waals surface area contributed by atoms with E-state index in [1.807, 2.05) is 18.2 Å². The maximum Gasteiger partial charge on any atom is 0.270 e. The van der Waals surface area contributed by atoms with Gasteiger partial charge in [0.1, 0.15) is 5.69 Å². The number of carbonyl (C=O) groups excluding carboxylic acids is 1. The number of sulfone groups is 1. The Morgan fingerprint density at radius 1 is 1.19 bits per heavy atom. The van der Waals surface area contributed by atoms with Crippen molar-refractivity contribution in [3.8, 4) is 11.5 Å². The topological polar surface area (TPSA) is 107 Å². The van der Waals surface area contributed by atoms with E-state index < -0.39 is 9.84 Å². The lowest BCUT2D eigenvalue weighted by molar-refractivity contribution is 0.0936. The van der Waals surface area contributed by atoms with Crippen LogP contribution in [0.3, 0.4) is 0 Å². The van der Waals surface area contributed by atoms with Crippen molar-refractivity contribution < 1.29 is 22.7 Å². The molecule has 0 radical (unpaired) electrons. The predicted molar refractivity (Wildman–Crippen MR) is 98.7 cm³/mol. The summed E-state index contributed by atoms with van der Waals surface area (Å²) >= 11 is 0. The van der Waals surface area contributed by atoms with Crippen molar-refractivity contribution in [1.82, 2.24) is 10.3 Å². The highest BCUT2D eigenvalue weighted by Gasteiger charge is 2.29. The Morgan fingerprint density at radius 2 is 2.04 bits per heavy atom. The molecule has 1 atom stereocenters. The zero-order chi connectivity index (χ0) is 18.9. The molecule has 0 aliphatic carbocycles. The van der Waals surface area contributed by atoms with E-state index in [2.05, 4.69) is 15.6 Å². The van der Waals surface area contributed by atoms with Crippen LogP contribution in [0.25, 0.3) is 0 Å². The third kappa shape index (κ3) is 4.13. The molecule has 8 nitrogen and oxygen atoms in total. The van der Waals surface area contributed by atoms with E-state index >= 15 is 0 Å². The SMILES string of the molecule is O=C(NC1CCS(=O)(=O)C1)c1cc(NCc2ccc3c(c2)OCO3)ccn1. The number of ether oxygens (including phenoxy) is 2. The molecule has 27 heavy (non-hydrogen) atoms. The highest BCUT2D eigenvalue weighted by Crippen LogP contribution is 2.32. The zero-order valence-electron chi connectivity index (χ0n) is 14.5. The molecular weight excluding hydrogens is 370 g/mol. The van der Waals surface area contributed by atoms with Crippen LogP contribution in [0, 0.1) is 0 Å². The molecule has 1 saturated heterocycles. The number of benzene rings is 1. The average molecular weight is 389 g/mol. The van der Waals surface area contributed by atoms with Crippen molar-refractivity contribution in [1.29, 1.82) is 0 Å². The van der Waals surface area contributed by atoms with Crippen LogP contribution in [0.4, 0.5) is 5.69 Å². The quantitative estimate of drug-likeness (QED) is 0.795. The van der Waals surface area contributed by atoms with Gasteiger partial charge in [0.25, 0.3) is 5.91 Å². The van der Waals surface area contributed by atoms with Crippen molar-refractivity contribution in [3.63, 3.8) is 0 Å². The van der Waals surface area contributed by atoms with Gasteiger partial charge in [0, 0.05) is 24.5 Å². The van der Waals surface area contributed by atoms with E-state index in [4.69, 9.17) is 9.47 Å².